The minimum atomic E-state index is -0.236. The lowest BCUT2D eigenvalue weighted by molar-refractivity contribution is -0.120. The van der Waals surface area contributed by atoms with Crippen molar-refractivity contribution in [3.05, 3.63) is 0 Å². The fourth-order valence-electron chi connectivity index (χ4n) is 0.952. The van der Waals surface area contributed by atoms with Crippen molar-refractivity contribution in [3.8, 4) is 0 Å². The zero-order valence-corrected chi connectivity index (χ0v) is 7.39. The predicted molar refractivity (Wildman–Crippen MR) is 46.2 cm³/mol. The summed E-state index contributed by atoms with van der Waals surface area (Å²) < 4.78 is 0. The van der Waals surface area contributed by atoms with Crippen molar-refractivity contribution in [2.45, 2.75) is 39.2 Å². The molecule has 1 unspecified atom stereocenters. The molecule has 0 saturated carbocycles. The predicted octanol–water partition coefficient (Wildman–Crippen LogP) is 0.640. The summed E-state index contributed by atoms with van der Waals surface area (Å²) in [4.78, 5) is 10.8. The summed E-state index contributed by atoms with van der Waals surface area (Å²) in [6.45, 7) is 4.98. The van der Waals surface area contributed by atoms with E-state index in [-0.39, 0.29) is 11.9 Å². The summed E-state index contributed by atoms with van der Waals surface area (Å²) in [5.41, 5.74) is 5.16. The number of nitrogens with one attached hydrogen (secondary N) is 1. The first-order valence-electron chi connectivity index (χ1n) is 4.25. The van der Waals surface area contributed by atoms with Crippen LogP contribution in [0.4, 0.5) is 0 Å². The van der Waals surface area contributed by atoms with E-state index in [1.54, 1.807) is 0 Å². The largest absolute Gasteiger partial charge is 0.368 e. The Bertz CT molecular complexity index is 115. The molecule has 0 aromatic carbocycles. The molecule has 0 fully saturated rings. The molecule has 0 aromatic rings. The van der Waals surface area contributed by atoms with Gasteiger partial charge in [0.15, 0.2) is 0 Å². The van der Waals surface area contributed by atoms with Gasteiger partial charge in [-0.3, -0.25) is 4.79 Å². The van der Waals surface area contributed by atoms with Crippen LogP contribution < -0.4 is 11.1 Å². The topological polar surface area (TPSA) is 55.1 Å². The monoisotopic (exact) mass is 158 g/mol. The van der Waals surface area contributed by atoms with Crippen LogP contribution in [0.5, 0.6) is 0 Å². The molecule has 11 heavy (non-hydrogen) atoms. The molecular formula is C8H18N2O. The number of carbonyl (C=O) groups is 1. The Balaban J connectivity index is 3.60. The Labute approximate surface area is 68.3 Å². The summed E-state index contributed by atoms with van der Waals surface area (Å²) in [6.07, 6.45) is 2.87. The summed E-state index contributed by atoms with van der Waals surface area (Å²) in [7, 11) is 0. The van der Waals surface area contributed by atoms with E-state index in [9.17, 15) is 4.79 Å². The zero-order valence-electron chi connectivity index (χ0n) is 7.39. The lowest BCUT2D eigenvalue weighted by Crippen LogP contribution is -2.41. The van der Waals surface area contributed by atoms with Crippen LogP contribution in [-0.4, -0.2) is 18.5 Å². The van der Waals surface area contributed by atoms with Crippen LogP contribution in [0.3, 0.4) is 0 Å². The number of primary amides is 1. The second-order valence-corrected chi connectivity index (χ2v) is 2.70. The molecule has 0 aromatic heterocycles. The van der Waals surface area contributed by atoms with Crippen LogP contribution in [-0.2, 0) is 4.79 Å². The molecule has 0 rings (SSSR count). The average molecular weight is 158 g/mol. The van der Waals surface area contributed by atoms with Gasteiger partial charge in [0.25, 0.3) is 0 Å². The van der Waals surface area contributed by atoms with Crippen molar-refractivity contribution in [2.75, 3.05) is 6.54 Å². The van der Waals surface area contributed by atoms with Crippen LogP contribution >= 0.6 is 0 Å². The minimum Gasteiger partial charge on any atom is -0.368 e. The standard InChI is InChI=1S/C8H18N2O/c1-3-5-7(8(9)11)10-6-4-2/h7,10H,3-6H2,1-2H3,(H2,9,11). The van der Waals surface area contributed by atoms with E-state index in [4.69, 9.17) is 5.73 Å². The van der Waals surface area contributed by atoms with Gasteiger partial charge >= 0.3 is 0 Å². The van der Waals surface area contributed by atoms with Gasteiger partial charge in [-0.15, -0.1) is 0 Å². The maximum absolute atomic E-state index is 10.8. The first kappa shape index (κ1) is 10.4. The van der Waals surface area contributed by atoms with E-state index in [0.29, 0.717) is 0 Å². The normalized spacial score (nSPS) is 12.9. The Morgan fingerprint density at radius 3 is 2.45 bits per heavy atom. The minimum absolute atomic E-state index is 0.125. The Kier molecular flexibility index (Phi) is 5.84. The van der Waals surface area contributed by atoms with Crippen molar-refractivity contribution in [3.63, 3.8) is 0 Å². The molecular weight excluding hydrogens is 140 g/mol. The highest BCUT2D eigenvalue weighted by molar-refractivity contribution is 5.79. The third-order valence-corrected chi connectivity index (χ3v) is 1.56. The van der Waals surface area contributed by atoms with Crippen LogP contribution in [0.15, 0.2) is 0 Å². The van der Waals surface area contributed by atoms with Crippen molar-refractivity contribution in [1.82, 2.24) is 5.32 Å². The first-order chi connectivity index (χ1) is 5.22. The number of nitrogens with two attached hydrogens (primary N) is 1. The molecule has 0 spiro atoms. The molecule has 0 heterocycles. The fraction of sp³-hybridized carbons (Fsp3) is 0.875. The van der Waals surface area contributed by atoms with Gasteiger partial charge in [-0.25, -0.2) is 0 Å². The van der Waals surface area contributed by atoms with Gasteiger partial charge < -0.3 is 11.1 Å². The third-order valence-electron chi connectivity index (χ3n) is 1.56. The molecule has 66 valence electrons. The molecule has 0 aliphatic carbocycles. The van der Waals surface area contributed by atoms with E-state index in [1.165, 1.54) is 0 Å². The molecule has 1 atom stereocenters. The van der Waals surface area contributed by atoms with Gasteiger partial charge in [-0.05, 0) is 19.4 Å². The maximum atomic E-state index is 10.8. The van der Waals surface area contributed by atoms with Crippen molar-refractivity contribution in [2.24, 2.45) is 5.73 Å². The number of hydrogen-bond acceptors (Lipinski definition) is 2. The third kappa shape index (κ3) is 4.79. The highest BCUT2D eigenvalue weighted by Gasteiger charge is 2.11. The van der Waals surface area contributed by atoms with Crippen LogP contribution in [0, 0.1) is 0 Å². The van der Waals surface area contributed by atoms with E-state index in [2.05, 4.69) is 12.2 Å². The van der Waals surface area contributed by atoms with Gasteiger partial charge in [0.1, 0.15) is 0 Å². The summed E-state index contributed by atoms with van der Waals surface area (Å²) in [6, 6.07) is -0.125. The molecule has 0 radical (unpaired) electrons. The van der Waals surface area contributed by atoms with Crippen LogP contribution in [0.2, 0.25) is 0 Å². The molecule has 0 aliphatic rings. The first-order valence-corrected chi connectivity index (χ1v) is 4.25. The highest BCUT2D eigenvalue weighted by atomic mass is 16.1. The number of hydrogen-bond donors (Lipinski definition) is 2. The molecule has 0 bridgehead atoms. The second-order valence-electron chi connectivity index (χ2n) is 2.70. The Morgan fingerprint density at radius 1 is 1.45 bits per heavy atom. The number of carbonyl (C=O) groups excluding carboxylic acids is 1. The van der Waals surface area contributed by atoms with Crippen molar-refractivity contribution >= 4 is 5.91 Å². The summed E-state index contributed by atoms with van der Waals surface area (Å²) in [5.74, 6) is -0.236. The maximum Gasteiger partial charge on any atom is 0.234 e. The molecule has 0 saturated heterocycles. The van der Waals surface area contributed by atoms with Gasteiger partial charge in [-0.2, -0.15) is 0 Å². The Hall–Kier alpha value is -0.570. The lowest BCUT2D eigenvalue weighted by Gasteiger charge is -2.12. The van der Waals surface area contributed by atoms with E-state index < -0.39 is 0 Å². The SMILES string of the molecule is CCCNC(CCC)C(N)=O. The van der Waals surface area contributed by atoms with Gasteiger partial charge in [0, 0.05) is 0 Å². The number of rotatable bonds is 6. The Morgan fingerprint density at radius 2 is 2.09 bits per heavy atom. The molecule has 3 nitrogen and oxygen atoms in total. The van der Waals surface area contributed by atoms with Gasteiger partial charge in [-0.1, -0.05) is 20.3 Å². The fourth-order valence-corrected chi connectivity index (χ4v) is 0.952. The summed E-state index contributed by atoms with van der Waals surface area (Å²) in [5, 5.41) is 3.10. The van der Waals surface area contributed by atoms with Crippen molar-refractivity contribution < 1.29 is 4.79 Å². The number of amides is 1. The zero-order chi connectivity index (χ0) is 8.69. The van der Waals surface area contributed by atoms with Crippen LogP contribution in [0.25, 0.3) is 0 Å². The average Bonchev–Trinajstić information content (AvgIpc) is 1.97. The highest BCUT2D eigenvalue weighted by Crippen LogP contribution is 1.95. The van der Waals surface area contributed by atoms with E-state index in [1.807, 2.05) is 6.92 Å². The molecule has 3 heteroatoms. The molecule has 1 amide bonds. The quantitative estimate of drug-likeness (QED) is 0.596. The van der Waals surface area contributed by atoms with Gasteiger partial charge in [0.2, 0.25) is 5.91 Å². The molecule has 3 N–H and O–H groups in total. The smallest absolute Gasteiger partial charge is 0.234 e. The van der Waals surface area contributed by atoms with Crippen molar-refractivity contribution in [1.29, 1.82) is 0 Å². The van der Waals surface area contributed by atoms with Gasteiger partial charge in [0.05, 0.1) is 6.04 Å². The molecule has 0 aliphatic heterocycles. The summed E-state index contributed by atoms with van der Waals surface area (Å²) >= 11 is 0. The van der Waals surface area contributed by atoms with E-state index in [0.717, 1.165) is 25.8 Å². The lowest BCUT2D eigenvalue weighted by atomic mass is 10.1. The second kappa shape index (κ2) is 6.16. The van der Waals surface area contributed by atoms with Crippen LogP contribution in [0.1, 0.15) is 33.1 Å². The van der Waals surface area contributed by atoms with E-state index >= 15 is 0 Å².